The Morgan fingerprint density at radius 3 is 2.57 bits per heavy atom. The van der Waals surface area contributed by atoms with Gasteiger partial charge in [0.1, 0.15) is 0 Å². The Kier molecular flexibility index (Phi) is 6.87. The van der Waals surface area contributed by atoms with Crippen LogP contribution in [0.25, 0.3) is 0 Å². The first-order valence-corrected chi connectivity index (χ1v) is 4.65. The summed E-state index contributed by atoms with van der Waals surface area (Å²) in [7, 11) is 1.41. The van der Waals surface area contributed by atoms with Crippen molar-refractivity contribution in [2.45, 2.75) is 12.8 Å². The topological polar surface area (TPSA) is 61.5 Å². The Labute approximate surface area is 90.5 Å². The van der Waals surface area contributed by atoms with Crippen LogP contribution in [0.5, 0.6) is 0 Å². The minimum absolute atomic E-state index is 0. The Balaban J connectivity index is 0.00000169. The predicted octanol–water partition coefficient (Wildman–Crippen LogP) is 0.583. The Morgan fingerprint density at radius 1 is 1.57 bits per heavy atom. The standard InChI is InChI=1S/C9H17NO3.ClH/c1-12-9(11)8(6-10)7-2-4-13-5-3-7;/h7-8H,2-6,10H2,1H3;1H. The van der Waals surface area contributed by atoms with Crippen molar-refractivity contribution in [2.24, 2.45) is 17.6 Å². The molecular weight excluding hydrogens is 206 g/mol. The second kappa shape index (κ2) is 7.04. The maximum absolute atomic E-state index is 11.3. The van der Waals surface area contributed by atoms with E-state index in [2.05, 4.69) is 0 Å². The zero-order chi connectivity index (χ0) is 9.68. The van der Waals surface area contributed by atoms with E-state index in [1.807, 2.05) is 0 Å². The van der Waals surface area contributed by atoms with Crippen molar-refractivity contribution in [3.05, 3.63) is 0 Å². The van der Waals surface area contributed by atoms with Crippen LogP contribution in [0.2, 0.25) is 0 Å². The maximum Gasteiger partial charge on any atom is 0.310 e. The van der Waals surface area contributed by atoms with Gasteiger partial charge in [-0.05, 0) is 18.8 Å². The van der Waals surface area contributed by atoms with Gasteiger partial charge >= 0.3 is 5.97 Å². The number of hydrogen-bond acceptors (Lipinski definition) is 4. The SMILES string of the molecule is COC(=O)C(CN)C1CCOCC1.Cl. The van der Waals surface area contributed by atoms with Gasteiger partial charge in [-0.3, -0.25) is 4.79 Å². The molecule has 0 radical (unpaired) electrons. The molecule has 1 rings (SSSR count). The molecule has 0 aromatic carbocycles. The second-order valence-electron chi connectivity index (χ2n) is 3.32. The van der Waals surface area contributed by atoms with Gasteiger partial charge in [-0.15, -0.1) is 12.4 Å². The molecule has 0 aliphatic carbocycles. The lowest BCUT2D eigenvalue weighted by Crippen LogP contribution is -2.35. The van der Waals surface area contributed by atoms with Gasteiger partial charge in [-0.1, -0.05) is 0 Å². The molecule has 1 aliphatic rings. The van der Waals surface area contributed by atoms with E-state index in [1.54, 1.807) is 0 Å². The molecule has 0 saturated carbocycles. The molecule has 4 nitrogen and oxygen atoms in total. The van der Waals surface area contributed by atoms with Crippen LogP contribution >= 0.6 is 12.4 Å². The summed E-state index contributed by atoms with van der Waals surface area (Å²) in [6.07, 6.45) is 1.83. The minimum atomic E-state index is -0.186. The third-order valence-electron chi connectivity index (χ3n) is 2.59. The van der Waals surface area contributed by atoms with Gasteiger partial charge in [-0.2, -0.15) is 0 Å². The van der Waals surface area contributed by atoms with E-state index >= 15 is 0 Å². The normalized spacial score (nSPS) is 19.6. The van der Waals surface area contributed by atoms with E-state index in [1.165, 1.54) is 7.11 Å². The van der Waals surface area contributed by atoms with Crippen molar-refractivity contribution < 1.29 is 14.3 Å². The number of nitrogens with two attached hydrogens (primary N) is 1. The third kappa shape index (κ3) is 3.44. The van der Waals surface area contributed by atoms with Gasteiger partial charge in [0, 0.05) is 19.8 Å². The number of carbonyl (C=O) groups excluding carboxylic acids is 1. The number of ether oxygens (including phenoxy) is 2. The van der Waals surface area contributed by atoms with Gasteiger partial charge in [0.2, 0.25) is 0 Å². The van der Waals surface area contributed by atoms with Crippen molar-refractivity contribution in [3.63, 3.8) is 0 Å². The quantitative estimate of drug-likeness (QED) is 0.712. The Hall–Kier alpha value is -0.320. The number of esters is 1. The summed E-state index contributed by atoms with van der Waals surface area (Å²) < 4.78 is 9.91. The summed E-state index contributed by atoms with van der Waals surface area (Å²) in [5.74, 6) is 0.00880. The molecule has 84 valence electrons. The molecule has 0 spiro atoms. The van der Waals surface area contributed by atoms with Gasteiger partial charge < -0.3 is 15.2 Å². The number of methoxy groups -OCH3 is 1. The third-order valence-corrected chi connectivity index (χ3v) is 2.59. The van der Waals surface area contributed by atoms with E-state index < -0.39 is 0 Å². The lowest BCUT2D eigenvalue weighted by atomic mass is 9.86. The Bertz CT molecular complexity index is 171. The van der Waals surface area contributed by atoms with Gasteiger partial charge in [0.15, 0.2) is 0 Å². The van der Waals surface area contributed by atoms with E-state index in [0.717, 1.165) is 26.1 Å². The van der Waals surface area contributed by atoms with Gasteiger partial charge in [0.05, 0.1) is 13.0 Å². The fraction of sp³-hybridized carbons (Fsp3) is 0.889. The number of rotatable bonds is 3. The highest BCUT2D eigenvalue weighted by molar-refractivity contribution is 5.85. The minimum Gasteiger partial charge on any atom is -0.469 e. The van der Waals surface area contributed by atoms with E-state index in [-0.39, 0.29) is 24.3 Å². The highest BCUT2D eigenvalue weighted by atomic mass is 35.5. The molecule has 1 fully saturated rings. The summed E-state index contributed by atoms with van der Waals surface area (Å²) in [5, 5.41) is 0. The molecule has 1 aliphatic heterocycles. The van der Waals surface area contributed by atoms with Crippen LogP contribution in [0.15, 0.2) is 0 Å². The number of halogens is 1. The molecular formula is C9H18ClNO3. The van der Waals surface area contributed by atoms with E-state index in [4.69, 9.17) is 15.2 Å². The first-order chi connectivity index (χ1) is 6.29. The van der Waals surface area contributed by atoms with Crippen molar-refractivity contribution in [2.75, 3.05) is 26.9 Å². The summed E-state index contributed by atoms with van der Waals surface area (Å²) in [6, 6.07) is 0. The largest absolute Gasteiger partial charge is 0.469 e. The summed E-state index contributed by atoms with van der Waals surface area (Å²) in [6.45, 7) is 1.84. The molecule has 0 amide bonds. The highest BCUT2D eigenvalue weighted by Gasteiger charge is 2.29. The molecule has 0 aromatic heterocycles. The summed E-state index contributed by atoms with van der Waals surface area (Å²) in [5.41, 5.74) is 5.54. The fourth-order valence-corrected chi connectivity index (χ4v) is 1.75. The smallest absolute Gasteiger partial charge is 0.310 e. The molecule has 1 saturated heterocycles. The number of hydrogen-bond donors (Lipinski definition) is 1. The first-order valence-electron chi connectivity index (χ1n) is 4.65. The zero-order valence-electron chi connectivity index (χ0n) is 8.40. The average Bonchev–Trinajstić information content (AvgIpc) is 2.20. The molecule has 5 heteroatoms. The molecule has 14 heavy (non-hydrogen) atoms. The lowest BCUT2D eigenvalue weighted by Gasteiger charge is -2.27. The lowest BCUT2D eigenvalue weighted by molar-refractivity contribution is -0.148. The van der Waals surface area contributed by atoms with Crippen molar-refractivity contribution in [1.29, 1.82) is 0 Å². The van der Waals surface area contributed by atoms with Crippen LogP contribution in [-0.4, -0.2) is 32.8 Å². The Morgan fingerprint density at radius 2 is 2.14 bits per heavy atom. The average molecular weight is 224 g/mol. The van der Waals surface area contributed by atoms with Crippen LogP contribution in [0, 0.1) is 11.8 Å². The number of carbonyl (C=O) groups is 1. The highest BCUT2D eigenvalue weighted by Crippen LogP contribution is 2.23. The van der Waals surface area contributed by atoms with Gasteiger partial charge in [0.25, 0.3) is 0 Å². The van der Waals surface area contributed by atoms with E-state index in [0.29, 0.717) is 12.5 Å². The molecule has 0 aromatic rings. The molecule has 1 unspecified atom stereocenters. The zero-order valence-corrected chi connectivity index (χ0v) is 9.22. The fourth-order valence-electron chi connectivity index (χ4n) is 1.75. The first kappa shape index (κ1) is 13.7. The molecule has 2 N–H and O–H groups in total. The molecule has 1 heterocycles. The van der Waals surface area contributed by atoms with Crippen LogP contribution in [0.4, 0.5) is 0 Å². The van der Waals surface area contributed by atoms with Gasteiger partial charge in [-0.25, -0.2) is 0 Å². The van der Waals surface area contributed by atoms with Crippen LogP contribution < -0.4 is 5.73 Å². The molecule has 1 atom stereocenters. The predicted molar refractivity (Wildman–Crippen MR) is 55.4 cm³/mol. The van der Waals surface area contributed by atoms with Crippen LogP contribution in [0.1, 0.15) is 12.8 Å². The monoisotopic (exact) mass is 223 g/mol. The van der Waals surface area contributed by atoms with Crippen LogP contribution in [0.3, 0.4) is 0 Å². The van der Waals surface area contributed by atoms with Crippen molar-refractivity contribution >= 4 is 18.4 Å². The van der Waals surface area contributed by atoms with Crippen molar-refractivity contribution in [3.8, 4) is 0 Å². The summed E-state index contributed by atoms with van der Waals surface area (Å²) in [4.78, 5) is 11.3. The molecule has 0 bridgehead atoms. The van der Waals surface area contributed by atoms with E-state index in [9.17, 15) is 4.79 Å². The van der Waals surface area contributed by atoms with Crippen LogP contribution in [-0.2, 0) is 14.3 Å². The van der Waals surface area contributed by atoms with Crippen molar-refractivity contribution in [1.82, 2.24) is 0 Å². The second-order valence-corrected chi connectivity index (χ2v) is 3.32. The summed E-state index contributed by atoms with van der Waals surface area (Å²) >= 11 is 0. The maximum atomic E-state index is 11.3.